The number of aliphatic carboxylic acids is 1. The van der Waals surface area contributed by atoms with Gasteiger partial charge in [-0.1, -0.05) is 25.5 Å². The zero-order chi connectivity index (χ0) is 15.8. The summed E-state index contributed by atoms with van der Waals surface area (Å²) in [6, 6.07) is 0. The molecule has 1 N–H and O–H groups in total. The van der Waals surface area contributed by atoms with Gasteiger partial charge in [0.05, 0.1) is 5.41 Å². The van der Waals surface area contributed by atoms with Crippen LogP contribution in [0.25, 0.3) is 0 Å². The third-order valence-corrected chi connectivity index (χ3v) is 8.54. The van der Waals surface area contributed by atoms with E-state index in [1.807, 2.05) is 6.92 Å². The van der Waals surface area contributed by atoms with E-state index in [1.54, 1.807) is 0 Å². The van der Waals surface area contributed by atoms with Gasteiger partial charge < -0.3 is 5.11 Å². The monoisotopic (exact) mass is 302 g/mol. The van der Waals surface area contributed by atoms with Crippen molar-refractivity contribution >= 4 is 5.97 Å². The molecule has 6 atom stereocenters. The SMILES string of the molecule is C=C1C[C@@]23CCC4[C@](C)(C(=O)O)CCC[C@@]4(C)[C@@H]2CCC1C3. The van der Waals surface area contributed by atoms with Crippen LogP contribution in [0.1, 0.15) is 71.6 Å². The van der Waals surface area contributed by atoms with E-state index < -0.39 is 11.4 Å². The minimum atomic E-state index is -0.552. The van der Waals surface area contributed by atoms with Crippen LogP contribution >= 0.6 is 0 Å². The lowest BCUT2D eigenvalue weighted by atomic mass is 9.41. The van der Waals surface area contributed by atoms with Crippen molar-refractivity contribution in [2.45, 2.75) is 71.6 Å². The number of hydrogen-bond acceptors (Lipinski definition) is 1. The summed E-state index contributed by atoms with van der Waals surface area (Å²) in [7, 11) is 0. The number of carboxylic acid groups (broad SMARTS) is 1. The third-order valence-electron chi connectivity index (χ3n) is 8.54. The molecule has 0 aliphatic heterocycles. The maximum atomic E-state index is 12.0. The van der Waals surface area contributed by atoms with Gasteiger partial charge in [0.1, 0.15) is 0 Å². The highest BCUT2D eigenvalue weighted by atomic mass is 16.4. The van der Waals surface area contributed by atoms with E-state index in [1.165, 1.54) is 44.1 Å². The number of fused-ring (bicyclic) bond motifs is 3. The molecule has 4 fully saturated rings. The first-order chi connectivity index (χ1) is 10.3. The lowest BCUT2D eigenvalue weighted by molar-refractivity contribution is -0.181. The Bertz CT molecular complexity index is 538. The highest BCUT2D eigenvalue weighted by molar-refractivity contribution is 5.75. The smallest absolute Gasteiger partial charge is 0.309 e. The first-order valence-corrected chi connectivity index (χ1v) is 9.23. The van der Waals surface area contributed by atoms with Crippen LogP contribution in [0.15, 0.2) is 12.2 Å². The van der Waals surface area contributed by atoms with Crippen LogP contribution in [0.3, 0.4) is 0 Å². The molecule has 22 heavy (non-hydrogen) atoms. The van der Waals surface area contributed by atoms with Gasteiger partial charge in [0.25, 0.3) is 0 Å². The number of carbonyl (C=O) groups is 1. The molecule has 2 heteroatoms. The minimum Gasteiger partial charge on any atom is -0.481 e. The van der Waals surface area contributed by atoms with Gasteiger partial charge in [0, 0.05) is 0 Å². The van der Waals surface area contributed by atoms with Gasteiger partial charge in [0.15, 0.2) is 0 Å². The number of carboxylic acids is 1. The molecule has 0 heterocycles. The molecule has 0 aromatic rings. The Hall–Kier alpha value is -0.790. The standard InChI is InChI=1S/C20H30O2/c1-13-11-20-10-7-15-18(2,16(20)6-5-14(13)12-20)8-4-9-19(15,3)17(21)22/h14-16H,1,4-12H2,2-3H3,(H,21,22)/t14?,15?,16-,18+,19+,20+/m0/s1. The molecule has 2 unspecified atom stereocenters. The number of allylic oxidation sites excluding steroid dienone is 1. The van der Waals surface area contributed by atoms with E-state index in [0.29, 0.717) is 11.3 Å². The van der Waals surface area contributed by atoms with Crippen molar-refractivity contribution in [1.29, 1.82) is 0 Å². The fraction of sp³-hybridized carbons (Fsp3) is 0.850. The van der Waals surface area contributed by atoms with Crippen LogP contribution < -0.4 is 0 Å². The molecular weight excluding hydrogens is 272 g/mol. The van der Waals surface area contributed by atoms with Gasteiger partial charge in [0.2, 0.25) is 0 Å². The average molecular weight is 302 g/mol. The molecule has 4 rings (SSSR count). The van der Waals surface area contributed by atoms with Gasteiger partial charge in [-0.25, -0.2) is 0 Å². The van der Waals surface area contributed by atoms with Gasteiger partial charge in [-0.2, -0.15) is 0 Å². The predicted molar refractivity (Wildman–Crippen MR) is 87.4 cm³/mol. The van der Waals surface area contributed by atoms with E-state index in [-0.39, 0.29) is 5.41 Å². The molecule has 0 saturated heterocycles. The van der Waals surface area contributed by atoms with Crippen LogP contribution in [0.4, 0.5) is 0 Å². The van der Waals surface area contributed by atoms with E-state index in [4.69, 9.17) is 0 Å². The van der Waals surface area contributed by atoms with Crippen LogP contribution in [0, 0.1) is 34.0 Å². The molecule has 0 radical (unpaired) electrons. The molecule has 2 nitrogen and oxygen atoms in total. The van der Waals surface area contributed by atoms with Crippen LogP contribution in [0.5, 0.6) is 0 Å². The molecule has 0 aromatic carbocycles. The molecule has 1 spiro atoms. The Kier molecular flexibility index (Phi) is 2.95. The summed E-state index contributed by atoms with van der Waals surface area (Å²) in [5.41, 5.74) is 1.71. The Labute approximate surface area is 134 Å². The molecule has 4 saturated carbocycles. The summed E-state index contributed by atoms with van der Waals surface area (Å²) < 4.78 is 0. The van der Waals surface area contributed by atoms with Crippen molar-refractivity contribution in [2.24, 2.45) is 34.0 Å². The van der Waals surface area contributed by atoms with E-state index in [0.717, 1.165) is 31.1 Å². The quantitative estimate of drug-likeness (QED) is 0.689. The van der Waals surface area contributed by atoms with Crippen LogP contribution in [-0.4, -0.2) is 11.1 Å². The largest absolute Gasteiger partial charge is 0.481 e. The Morgan fingerprint density at radius 3 is 2.64 bits per heavy atom. The fourth-order valence-corrected chi connectivity index (χ4v) is 7.61. The van der Waals surface area contributed by atoms with Crippen molar-refractivity contribution in [3.8, 4) is 0 Å². The lowest BCUT2D eigenvalue weighted by Gasteiger charge is -2.63. The molecule has 0 amide bonds. The number of hydrogen-bond donors (Lipinski definition) is 1. The highest BCUT2D eigenvalue weighted by Gasteiger charge is 2.64. The van der Waals surface area contributed by atoms with Crippen molar-refractivity contribution < 1.29 is 9.90 Å². The first-order valence-electron chi connectivity index (χ1n) is 9.23. The Balaban J connectivity index is 1.75. The van der Waals surface area contributed by atoms with Crippen molar-refractivity contribution in [3.63, 3.8) is 0 Å². The maximum Gasteiger partial charge on any atom is 0.309 e. The average Bonchev–Trinajstić information content (AvgIpc) is 2.68. The Morgan fingerprint density at radius 2 is 1.91 bits per heavy atom. The van der Waals surface area contributed by atoms with Crippen molar-refractivity contribution in [3.05, 3.63) is 12.2 Å². The lowest BCUT2D eigenvalue weighted by Crippen LogP contribution is -2.58. The Morgan fingerprint density at radius 1 is 1.14 bits per heavy atom. The van der Waals surface area contributed by atoms with E-state index in [9.17, 15) is 9.90 Å². The second kappa shape index (κ2) is 4.39. The molecule has 4 aliphatic carbocycles. The summed E-state index contributed by atoms with van der Waals surface area (Å²) in [6.07, 6.45) is 10.8. The third kappa shape index (κ3) is 1.65. The van der Waals surface area contributed by atoms with E-state index in [2.05, 4.69) is 13.5 Å². The van der Waals surface area contributed by atoms with Gasteiger partial charge in [-0.05, 0) is 86.9 Å². The number of rotatable bonds is 1. The maximum absolute atomic E-state index is 12.0. The molecule has 122 valence electrons. The molecule has 0 aromatic heterocycles. The van der Waals surface area contributed by atoms with Crippen LogP contribution in [0.2, 0.25) is 0 Å². The summed E-state index contributed by atoms with van der Waals surface area (Å²) in [5.74, 6) is 1.32. The highest BCUT2D eigenvalue weighted by Crippen LogP contribution is 2.72. The van der Waals surface area contributed by atoms with Crippen LogP contribution in [-0.2, 0) is 4.79 Å². The summed E-state index contributed by atoms with van der Waals surface area (Å²) in [5, 5.41) is 9.90. The fourth-order valence-electron chi connectivity index (χ4n) is 7.61. The second-order valence-electron chi connectivity index (χ2n) is 9.40. The topological polar surface area (TPSA) is 37.3 Å². The zero-order valence-electron chi connectivity index (χ0n) is 14.2. The normalized spacial score (nSPS) is 53.7. The molecule has 2 bridgehead atoms. The van der Waals surface area contributed by atoms with Crippen molar-refractivity contribution in [2.75, 3.05) is 0 Å². The van der Waals surface area contributed by atoms with Crippen molar-refractivity contribution in [1.82, 2.24) is 0 Å². The zero-order valence-corrected chi connectivity index (χ0v) is 14.2. The van der Waals surface area contributed by atoms with Gasteiger partial charge >= 0.3 is 5.97 Å². The van der Waals surface area contributed by atoms with Gasteiger partial charge in [-0.3, -0.25) is 4.79 Å². The first kappa shape index (κ1) is 14.8. The summed E-state index contributed by atoms with van der Waals surface area (Å²) >= 11 is 0. The summed E-state index contributed by atoms with van der Waals surface area (Å²) in [6.45, 7) is 8.86. The van der Waals surface area contributed by atoms with Gasteiger partial charge in [-0.15, -0.1) is 0 Å². The summed E-state index contributed by atoms with van der Waals surface area (Å²) in [4.78, 5) is 12.0. The second-order valence-corrected chi connectivity index (χ2v) is 9.40. The molecule has 4 aliphatic rings. The minimum absolute atomic E-state index is 0.235. The predicted octanol–water partition coefficient (Wildman–Crippen LogP) is 5.04. The molecular formula is C20H30O2. The van der Waals surface area contributed by atoms with E-state index >= 15 is 0 Å².